The monoisotopic (exact) mass is 262 g/mol. The van der Waals surface area contributed by atoms with Crippen molar-refractivity contribution in [1.29, 1.82) is 5.26 Å². The number of rotatable bonds is 2. The average Bonchev–Trinajstić information content (AvgIpc) is 2.32. The van der Waals surface area contributed by atoms with Crippen LogP contribution in [0.5, 0.6) is 0 Å². The zero-order valence-corrected chi connectivity index (χ0v) is 11.3. The van der Waals surface area contributed by atoms with Gasteiger partial charge < -0.3 is 5.32 Å². The largest absolute Gasteiger partial charge is 0.381 e. The third-order valence-electron chi connectivity index (χ3n) is 3.59. The van der Waals surface area contributed by atoms with Gasteiger partial charge in [-0.05, 0) is 25.0 Å². The molecule has 1 aliphatic carbocycles. The fourth-order valence-corrected chi connectivity index (χ4v) is 2.80. The van der Waals surface area contributed by atoms with Crippen molar-refractivity contribution in [2.75, 3.05) is 5.32 Å². The van der Waals surface area contributed by atoms with Gasteiger partial charge in [-0.3, -0.25) is 0 Å². The van der Waals surface area contributed by atoms with Crippen molar-refractivity contribution in [1.82, 2.24) is 0 Å². The summed E-state index contributed by atoms with van der Waals surface area (Å²) in [7, 11) is 0. The predicted octanol–water partition coefficient (Wildman–Crippen LogP) is 4.74. The first-order valence-corrected chi connectivity index (χ1v) is 7.14. The van der Waals surface area contributed by atoms with Gasteiger partial charge in [0.15, 0.2) is 0 Å². The zero-order chi connectivity index (χ0) is 12.8. The van der Waals surface area contributed by atoms with Gasteiger partial charge >= 0.3 is 0 Å². The first-order chi connectivity index (χ1) is 8.81. The molecular formula is C15H19ClN2. The van der Waals surface area contributed by atoms with Crippen LogP contribution in [0.2, 0.25) is 5.02 Å². The molecule has 0 aliphatic heterocycles. The van der Waals surface area contributed by atoms with Crippen LogP contribution in [0.25, 0.3) is 0 Å². The molecule has 3 heteroatoms. The molecule has 0 heterocycles. The van der Waals surface area contributed by atoms with Crippen molar-refractivity contribution in [3.05, 3.63) is 28.8 Å². The van der Waals surface area contributed by atoms with Gasteiger partial charge in [0.2, 0.25) is 0 Å². The highest BCUT2D eigenvalue weighted by molar-refractivity contribution is 6.32. The molecule has 0 bridgehead atoms. The third kappa shape index (κ3) is 3.40. The van der Waals surface area contributed by atoms with Gasteiger partial charge in [0.25, 0.3) is 0 Å². The van der Waals surface area contributed by atoms with Crippen LogP contribution in [-0.4, -0.2) is 6.04 Å². The summed E-state index contributed by atoms with van der Waals surface area (Å²) in [5, 5.41) is 13.2. The molecule has 96 valence electrons. The molecule has 0 saturated heterocycles. The van der Waals surface area contributed by atoms with E-state index in [0.29, 0.717) is 16.6 Å². The average molecular weight is 263 g/mol. The highest BCUT2D eigenvalue weighted by atomic mass is 35.5. The molecule has 0 spiro atoms. The lowest BCUT2D eigenvalue weighted by Gasteiger charge is -2.22. The molecular weight excluding hydrogens is 244 g/mol. The van der Waals surface area contributed by atoms with Gasteiger partial charge in [0, 0.05) is 6.04 Å². The van der Waals surface area contributed by atoms with Crippen LogP contribution in [0, 0.1) is 11.3 Å². The van der Waals surface area contributed by atoms with E-state index < -0.39 is 0 Å². The lowest BCUT2D eigenvalue weighted by Crippen LogP contribution is -2.21. The number of hydrogen-bond acceptors (Lipinski definition) is 2. The molecule has 0 amide bonds. The minimum absolute atomic E-state index is 0.482. The maximum Gasteiger partial charge on any atom is 0.103 e. The molecule has 2 nitrogen and oxygen atoms in total. The Labute approximate surface area is 114 Å². The number of hydrogen-bond donors (Lipinski definition) is 1. The fraction of sp³-hybridized carbons (Fsp3) is 0.533. The van der Waals surface area contributed by atoms with E-state index in [1.54, 1.807) is 6.07 Å². The van der Waals surface area contributed by atoms with E-state index in [9.17, 15) is 0 Å². The number of halogens is 1. The summed E-state index contributed by atoms with van der Waals surface area (Å²) < 4.78 is 0. The summed E-state index contributed by atoms with van der Waals surface area (Å²) >= 11 is 6.04. The number of nitriles is 1. The van der Waals surface area contributed by atoms with Gasteiger partial charge in [0.1, 0.15) is 6.07 Å². The molecule has 0 unspecified atom stereocenters. The third-order valence-corrected chi connectivity index (χ3v) is 3.91. The van der Waals surface area contributed by atoms with E-state index in [1.165, 1.54) is 44.9 Å². The van der Waals surface area contributed by atoms with Gasteiger partial charge in [-0.15, -0.1) is 0 Å². The number of nitrogens with zero attached hydrogens (tertiary/aromatic N) is 1. The maximum absolute atomic E-state index is 9.15. The second kappa shape index (κ2) is 6.66. The van der Waals surface area contributed by atoms with Crippen LogP contribution < -0.4 is 5.32 Å². The Morgan fingerprint density at radius 3 is 2.44 bits per heavy atom. The van der Waals surface area contributed by atoms with Gasteiger partial charge in [-0.1, -0.05) is 49.8 Å². The molecule has 1 saturated carbocycles. The smallest absolute Gasteiger partial charge is 0.103 e. The maximum atomic E-state index is 9.15. The lowest BCUT2D eigenvalue weighted by atomic mass is 9.96. The van der Waals surface area contributed by atoms with E-state index in [2.05, 4.69) is 11.4 Å². The molecule has 1 fully saturated rings. The molecule has 18 heavy (non-hydrogen) atoms. The van der Waals surface area contributed by atoms with Crippen LogP contribution in [0.15, 0.2) is 18.2 Å². The van der Waals surface area contributed by atoms with Crippen LogP contribution >= 0.6 is 11.6 Å². The van der Waals surface area contributed by atoms with Crippen molar-refractivity contribution in [3.63, 3.8) is 0 Å². The Kier molecular flexibility index (Phi) is 4.90. The first kappa shape index (κ1) is 13.2. The zero-order valence-electron chi connectivity index (χ0n) is 10.6. The normalized spacial score (nSPS) is 17.6. The van der Waals surface area contributed by atoms with E-state index in [4.69, 9.17) is 16.9 Å². The summed E-state index contributed by atoms with van der Waals surface area (Å²) in [5.41, 5.74) is 1.46. The summed E-state index contributed by atoms with van der Waals surface area (Å²) in [4.78, 5) is 0. The summed E-state index contributed by atoms with van der Waals surface area (Å²) in [5.74, 6) is 0. The highest BCUT2D eigenvalue weighted by Gasteiger charge is 2.13. The van der Waals surface area contributed by atoms with E-state index in [1.807, 2.05) is 12.1 Å². The Hall–Kier alpha value is -1.20. The molecule has 2 rings (SSSR count). The number of benzene rings is 1. The van der Waals surface area contributed by atoms with Gasteiger partial charge in [0.05, 0.1) is 16.3 Å². The predicted molar refractivity (Wildman–Crippen MR) is 75.9 cm³/mol. The Bertz CT molecular complexity index is 429. The molecule has 1 N–H and O–H groups in total. The van der Waals surface area contributed by atoms with Crippen molar-refractivity contribution in [3.8, 4) is 6.07 Å². The molecule has 0 aromatic heterocycles. The standard InChI is InChI=1S/C15H19ClN2/c16-14-9-6-10-15(13(14)11-17)18-12-7-4-2-1-3-5-8-12/h6,9-10,12,18H,1-5,7-8H2. The van der Waals surface area contributed by atoms with Crippen LogP contribution in [0.4, 0.5) is 5.69 Å². The molecule has 1 aliphatic rings. The van der Waals surface area contributed by atoms with Gasteiger partial charge in [-0.2, -0.15) is 5.26 Å². The minimum Gasteiger partial charge on any atom is -0.381 e. The SMILES string of the molecule is N#Cc1c(Cl)cccc1NC1CCCCCCC1. The van der Waals surface area contributed by atoms with Crippen LogP contribution in [-0.2, 0) is 0 Å². The molecule has 1 aromatic rings. The Morgan fingerprint density at radius 2 is 1.78 bits per heavy atom. The van der Waals surface area contributed by atoms with E-state index in [-0.39, 0.29) is 0 Å². The molecule has 0 atom stereocenters. The molecule has 0 radical (unpaired) electrons. The van der Waals surface area contributed by atoms with Crippen LogP contribution in [0.3, 0.4) is 0 Å². The number of anilines is 1. The van der Waals surface area contributed by atoms with Crippen molar-refractivity contribution in [2.24, 2.45) is 0 Å². The quantitative estimate of drug-likeness (QED) is 0.836. The van der Waals surface area contributed by atoms with Crippen LogP contribution in [0.1, 0.15) is 50.5 Å². The summed E-state index contributed by atoms with van der Waals surface area (Å²) in [6.07, 6.45) is 8.97. The topological polar surface area (TPSA) is 35.8 Å². The summed E-state index contributed by atoms with van der Waals surface area (Å²) in [6, 6.07) is 8.28. The van der Waals surface area contributed by atoms with Crippen molar-refractivity contribution >= 4 is 17.3 Å². The van der Waals surface area contributed by atoms with Crippen molar-refractivity contribution in [2.45, 2.75) is 51.0 Å². The fourth-order valence-electron chi connectivity index (χ4n) is 2.58. The minimum atomic E-state index is 0.482. The lowest BCUT2D eigenvalue weighted by molar-refractivity contribution is 0.471. The van der Waals surface area contributed by atoms with E-state index in [0.717, 1.165) is 5.69 Å². The van der Waals surface area contributed by atoms with Gasteiger partial charge in [-0.25, -0.2) is 0 Å². The second-order valence-electron chi connectivity index (χ2n) is 4.96. The first-order valence-electron chi connectivity index (χ1n) is 6.76. The van der Waals surface area contributed by atoms with Crippen molar-refractivity contribution < 1.29 is 0 Å². The second-order valence-corrected chi connectivity index (χ2v) is 5.37. The summed E-state index contributed by atoms with van der Waals surface area (Å²) in [6.45, 7) is 0. The Morgan fingerprint density at radius 1 is 1.11 bits per heavy atom. The highest BCUT2D eigenvalue weighted by Crippen LogP contribution is 2.26. The Balaban J connectivity index is 2.08. The van der Waals surface area contributed by atoms with E-state index >= 15 is 0 Å². The molecule has 1 aromatic carbocycles. The number of nitrogens with one attached hydrogen (secondary N) is 1.